The number of hydrogen-bond donors (Lipinski definition) is 0. The SMILES string of the molecule is CC1(C)c2cc(-c3ccc(N(c4ccc(-c5ccccc5)cc4)c4ccc(-c5ccccc5)cc4)c4ccccc34)ccc2-c2c1ccc1c2sc2ccccc21. The topological polar surface area (TPSA) is 3.24 Å². The molecule has 1 aliphatic rings. The summed E-state index contributed by atoms with van der Waals surface area (Å²) in [6.45, 7) is 4.79. The van der Waals surface area contributed by atoms with Crippen molar-refractivity contribution >= 4 is 59.3 Å². The molecule has 1 heterocycles. The van der Waals surface area contributed by atoms with E-state index in [-0.39, 0.29) is 5.41 Å². The highest BCUT2D eigenvalue weighted by Gasteiger charge is 2.37. The summed E-state index contributed by atoms with van der Waals surface area (Å²) in [5, 5.41) is 5.16. The van der Waals surface area contributed by atoms with Gasteiger partial charge in [0.2, 0.25) is 0 Å². The Morgan fingerprint density at radius 2 is 0.912 bits per heavy atom. The second-order valence-electron chi connectivity index (χ2n) is 15.7. The zero-order valence-electron chi connectivity index (χ0n) is 31.9. The van der Waals surface area contributed by atoms with Crippen molar-refractivity contribution in [1.29, 1.82) is 0 Å². The number of hydrogen-bond acceptors (Lipinski definition) is 2. The molecule has 0 aliphatic heterocycles. The third kappa shape index (κ3) is 5.44. The Kier molecular flexibility index (Phi) is 7.77. The van der Waals surface area contributed by atoms with Gasteiger partial charge in [-0.3, -0.25) is 0 Å². The van der Waals surface area contributed by atoms with Gasteiger partial charge in [0.15, 0.2) is 0 Å². The third-order valence-electron chi connectivity index (χ3n) is 12.1. The van der Waals surface area contributed by atoms with Crippen LogP contribution in [-0.4, -0.2) is 0 Å². The van der Waals surface area contributed by atoms with E-state index < -0.39 is 0 Å². The first-order valence-electron chi connectivity index (χ1n) is 19.8. The van der Waals surface area contributed by atoms with Crippen LogP contribution < -0.4 is 4.90 Å². The van der Waals surface area contributed by atoms with E-state index in [4.69, 9.17) is 0 Å². The maximum absolute atomic E-state index is 2.47. The minimum Gasteiger partial charge on any atom is -0.310 e. The van der Waals surface area contributed by atoms with Gasteiger partial charge in [0.25, 0.3) is 0 Å². The van der Waals surface area contributed by atoms with Gasteiger partial charge in [0.05, 0.1) is 5.69 Å². The highest BCUT2D eigenvalue weighted by atomic mass is 32.1. The fraction of sp³-hybridized carbons (Fsp3) is 0.0545. The summed E-state index contributed by atoms with van der Waals surface area (Å²) in [5.74, 6) is 0. The van der Waals surface area contributed by atoms with Crippen molar-refractivity contribution in [3.05, 3.63) is 211 Å². The normalized spacial score (nSPS) is 12.9. The summed E-state index contributed by atoms with van der Waals surface area (Å²) in [5.41, 5.74) is 16.2. The van der Waals surface area contributed by atoms with Crippen LogP contribution in [0.5, 0.6) is 0 Å². The van der Waals surface area contributed by atoms with E-state index in [1.165, 1.54) is 86.6 Å². The summed E-state index contributed by atoms with van der Waals surface area (Å²) in [6, 6.07) is 73.5. The van der Waals surface area contributed by atoms with Gasteiger partial charge >= 0.3 is 0 Å². The van der Waals surface area contributed by atoms with Gasteiger partial charge in [-0.05, 0) is 97.9 Å². The van der Waals surface area contributed by atoms with Crippen molar-refractivity contribution in [3.8, 4) is 44.5 Å². The molecule has 0 saturated carbocycles. The zero-order chi connectivity index (χ0) is 38.1. The van der Waals surface area contributed by atoms with Crippen LogP contribution in [0.15, 0.2) is 200 Å². The first-order valence-corrected chi connectivity index (χ1v) is 20.6. The van der Waals surface area contributed by atoms with Crippen LogP contribution in [0.25, 0.3) is 75.5 Å². The molecule has 0 atom stereocenters. The molecule has 0 unspecified atom stereocenters. The van der Waals surface area contributed by atoms with Gasteiger partial charge in [-0.25, -0.2) is 0 Å². The molecule has 0 N–H and O–H groups in total. The average Bonchev–Trinajstić information content (AvgIpc) is 3.76. The Bertz CT molecular complexity index is 3040. The number of rotatable bonds is 6. The summed E-state index contributed by atoms with van der Waals surface area (Å²) in [7, 11) is 0. The third-order valence-corrected chi connectivity index (χ3v) is 13.3. The Balaban J connectivity index is 1.05. The first kappa shape index (κ1) is 33.6. The lowest BCUT2D eigenvalue weighted by Gasteiger charge is -2.28. The smallest absolute Gasteiger partial charge is 0.0540 e. The molecule has 0 amide bonds. The van der Waals surface area contributed by atoms with Crippen molar-refractivity contribution < 1.29 is 0 Å². The highest BCUT2D eigenvalue weighted by Crippen LogP contribution is 2.55. The van der Waals surface area contributed by atoms with Crippen LogP contribution in [-0.2, 0) is 5.41 Å². The Morgan fingerprint density at radius 1 is 0.386 bits per heavy atom. The second kappa shape index (κ2) is 13.2. The Hall–Kier alpha value is -6.74. The summed E-state index contributed by atoms with van der Waals surface area (Å²) >= 11 is 1.93. The molecule has 10 aromatic rings. The predicted molar refractivity (Wildman–Crippen MR) is 245 cm³/mol. The van der Waals surface area contributed by atoms with Crippen molar-refractivity contribution in [1.82, 2.24) is 0 Å². The molecule has 57 heavy (non-hydrogen) atoms. The lowest BCUT2D eigenvalue weighted by molar-refractivity contribution is 0.661. The van der Waals surface area contributed by atoms with Gasteiger partial charge in [-0.1, -0.05) is 172 Å². The lowest BCUT2D eigenvalue weighted by Crippen LogP contribution is -2.15. The van der Waals surface area contributed by atoms with Gasteiger partial charge in [0.1, 0.15) is 0 Å². The van der Waals surface area contributed by atoms with E-state index in [1.807, 2.05) is 11.3 Å². The first-order chi connectivity index (χ1) is 28.0. The second-order valence-corrected chi connectivity index (χ2v) is 16.7. The average molecular weight is 746 g/mol. The van der Waals surface area contributed by atoms with E-state index in [2.05, 4.69) is 219 Å². The zero-order valence-corrected chi connectivity index (χ0v) is 32.7. The number of anilines is 3. The van der Waals surface area contributed by atoms with E-state index in [0.29, 0.717) is 0 Å². The maximum Gasteiger partial charge on any atom is 0.0540 e. The van der Waals surface area contributed by atoms with Crippen molar-refractivity contribution in [2.75, 3.05) is 4.90 Å². The van der Waals surface area contributed by atoms with Gasteiger partial charge in [-0.15, -0.1) is 11.3 Å². The molecule has 0 bridgehead atoms. The Labute approximate surface area is 337 Å². The minimum absolute atomic E-state index is 0.116. The summed E-state index contributed by atoms with van der Waals surface area (Å²) in [6.07, 6.45) is 0. The van der Waals surface area contributed by atoms with Crippen LogP contribution >= 0.6 is 11.3 Å². The monoisotopic (exact) mass is 745 g/mol. The van der Waals surface area contributed by atoms with E-state index >= 15 is 0 Å². The van der Waals surface area contributed by atoms with Crippen molar-refractivity contribution in [2.45, 2.75) is 19.3 Å². The maximum atomic E-state index is 2.47. The van der Waals surface area contributed by atoms with E-state index in [1.54, 1.807) is 0 Å². The molecule has 2 heteroatoms. The number of fused-ring (bicyclic) bond motifs is 8. The highest BCUT2D eigenvalue weighted by molar-refractivity contribution is 7.26. The van der Waals surface area contributed by atoms with Gasteiger partial charge < -0.3 is 4.90 Å². The number of benzene rings is 9. The van der Waals surface area contributed by atoms with Crippen molar-refractivity contribution in [2.24, 2.45) is 0 Å². The van der Waals surface area contributed by atoms with E-state index in [9.17, 15) is 0 Å². The van der Waals surface area contributed by atoms with Crippen LogP contribution in [0.2, 0.25) is 0 Å². The Morgan fingerprint density at radius 3 is 1.56 bits per heavy atom. The number of thiophene rings is 1. The van der Waals surface area contributed by atoms with Crippen molar-refractivity contribution in [3.63, 3.8) is 0 Å². The summed E-state index contributed by atoms with van der Waals surface area (Å²) in [4.78, 5) is 2.41. The lowest BCUT2D eigenvalue weighted by atomic mass is 9.81. The molecular formula is C55H39NS. The van der Waals surface area contributed by atoms with Crippen LogP contribution in [0.3, 0.4) is 0 Å². The fourth-order valence-corrected chi connectivity index (χ4v) is 10.5. The van der Waals surface area contributed by atoms with E-state index in [0.717, 1.165) is 17.1 Å². The van der Waals surface area contributed by atoms with Crippen LogP contribution in [0, 0.1) is 0 Å². The minimum atomic E-state index is -0.116. The molecule has 1 aromatic heterocycles. The van der Waals surface area contributed by atoms with Crippen LogP contribution in [0.4, 0.5) is 17.1 Å². The molecular weight excluding hydrogens is 707 g/mol. The number of nitrogens with zero attached hydrogens (tertiary/aromatic N) is 1. The molecule has 0 saturated heterocycles. The molecule has 9 aromatic carbocycles. The quantitative estimate of drug-likeness (QED) is 0.164. The predicted octanol–water partition coefficient (Wildman–Crippen LogP) is 16.0. The van der Waals surface area contributed by atoms with Gasteiger partial charge in [0, 0.05) is 47.9 Å². The summed E-state index contributed by atoms with van der Waals surface area (Å²) < 4.78 is 2.75. The molecule has 270 valence electrons. The van der Waals surface area contributed by atoms with Crippen LogP contribution in [0.1, 0.15) is 25.0 Å². The molecule has 0 radical (unpaired) electrons. The van der Waals surface area contributed by atoms with Gasteiger partial charge in [-0.2, -0.15) is 0 Å². The molecule has 1 nitrogen and oxygen atoms in total. The standard InChI is InChI=1S/C55H39NS/c1-55(2)49-33-31-47-46-19-11-12-20-52(46)57-54(47)53(49)48-30-25-40(35-50(48)55)43-32-34-51(45-18-10-9-17-44(43)45)56(41-26-21-38(22-27-41)36-13-5-3-6-14-36)42-28-23-39(24-29-42)37-15-7-4-8-16-37/h3-35H,1-2H3. The largest absolute Gasteiger partial charge is 0.310 e. The molecule has 11 rings (SSSR count). The molecule has 0 spiro atoms. The molecule has 1 aliphatic carbocycles. The molecule has 0 fully saturated rings. The fourth-order valence-electron chi connectivity index (χ4n) is 9.19.